The minimum Gasteiger partial charge on any atom is -0.335 e. The third-order valence-corrected chi connectivity index (χ3v) is 6.25. The van der Waals surface area contributed by atoms with Crippen molar-refractivity contribution in [2.75, 3.05) is 31.5 Å². The molecule has 0 spiro atoms. The molecule has 3 aromatic heterocycles. The summed E-state index contributed by atoms with van der Waals surface area (Å²) >= 11 is 1.63. The van der Waals surface area contributed by atoms with E-state index in [1.807, 2.05) is 17.2 Å². The van der Waals surface area contributed by atoms with E-state index < -0.39 is 0 Å². The Morgan fingerprint density at radius 3 is 2.86 bits per heavy atom. The molecule has 0 atom stereocenters. The number of nitrogens with zero attached hydrogens (tertiary/aromatic N) is 3. The number of carbonyl (C=O) groups excluding carboxylic acids is 1. The SMILES string of the molecule is Cc1c(C(=O)N2CCNCC2)nc(Nc2cc(C3CC3)[nH]n2)c2sccc12.Cl. The van der Waals surface area contributed by atoms with Crippen LogP contribution in [0.4, 0.5) is 11.6 Å². The summed E-state index contributed by atoms with van der Waals surface area (Å²) in [6.07, 6.45) is 2.45. The number of nitrogens with one attached hydrogen (secondary N) is 3. The Labute approximate surface area is 173 Å². The summed E-state index contributed by atoms with van der Waals surface area (Å²) in [6.45, 7) is 5.08. The molecule has 9 heteroatoms. The maximum Gasteiger partial charge on any atom is 0.272 e. The average Bonchev–Trinajstić information content (AvgIpc) is 3.23. The quantitative estimate of drug-likeness (QED) is 0.604. The summed E-state index contributed by atoms with van der Waals surface area (Å²) in [6, 6.07) is 4.12. The molecule has 0 aromatic carbocycles. The Morgan fingerprint density at radius 2 is 2.11 bits per heavy atom. The van der Waals surface area contributed by atoms with Crippen LogP contribution in [0.3, 0.4) is 0 Å². The van der Waals surface area contributed by atoms with Crippen LogP contribution in [0.5, 0.6) is 0 Å². The zero-order chi connectivity index (χ0) is 18.4. The molecule has 1 aliphatic carbocycles. The minimum absolute atomic E-state index is 0. The van der Waals surface area contributed by atoms with Crippen molar-refractivity contribution in [2.24, 2.45) is 0 Å². The van der Waals surface area contributed by atoms with Crippen molar-refractivity contribution in [3.05, 3.63) is 34.5 Å². The molecule has 1 saturated heterocycles. The van der Waals surface area contributed by atoms with Crippen molar-refractivity contribution < 1.29 is 4.79 Å². The molecule has 148 valence electrons. The van der Waals surface area contributed by atoms with Crippen LogP contribution in [-0.2, 0) is 0 Å². The molecular weight excluding hydrogens is 396 g/mol. The topological polar surface area (TPSA) is 85.9 Å². The van der Waals surface area contributed by atoms with Crippen LogP contribution >= 0.6 is 23.7 Å². The first-order valence-corrected chi connectivity index (χ1v) is 10.3. The fourth-order valence-corrected chi connectivity index (χ4v) is 4.49. The Balaban J connectivity index is 0.00000192. The van der Waals surface area contributed by atoms with Gasteiger partial charge in [0.2, 0.25) is 0 Å². The maximum absolute atomic E-state index is 13.1. The molecular formula is C19H23ClN6OS. The van der Waals surface area contributed by atoms with E-state index in [1.54, 1.807) is 11.3 Å². The van der Waals surface area contributed by atoms with Crippen molar-refractivity contribution >= 4 is 51.4 Å². The highest BCUT2D eigenvalue weighted by molar-refractivity contribution is 7.17. The van der Waals surface area contributed by atoms with Crippen LogP contribution in [-0.4, -0.2) is 52.2 Å². The number of piperazine rings is 1. The van der Waals surface area contributed by atoms with Gasteiger partial charge in [-0.15, -0.1) is 23.7 Å². The second kappa shape index (κ2) is 7.69. The van der Waals surface area contributed by atoms with Gasteiger partial charge in [0, 0.05) is 49.2 Å². The van der Waals surface area contributed by atoms with Crippen molar-refractivity contribution in [2.45, 2.75) is 25.7 Å². The molecule has 1 saturated carbocycles. The first-order valence-electron chi connectivity index (χ1n) is 9.41. The third-order valence-electron chi connectivity index (χ3n) is 5.33. The van der Waals surface area contributed by atoms with Gasteiger partial charge in [0.1, 0.15) is 5.69 Å². The van der Waals surface area contributed by atoms with Crippen LogP contribution in [0.1, 0.15) is 40.5 Å². The highest BCUT2D eigenvalue weighted by Gasteiger charge is 2.26. The molecule has 1 amide bonds. The summed E-state index contributed by atoms with van der Waals surface area (Å²) in [5.41, 5.74) is 2.65. The van der Waals surface area contributed by atoms with Crippen LogP contribution < -0.4 is 10.6 Å². The van der Waals surface area contributed by atoms with E-state index >= 15 is 0 Å². The molecule has 2 fully saturated rings. The van der Waals surface area contributed by atoms with Gasteiger partial charge in [-0.3, -0.25) is 9.89 Å². The number of carbonyl (C=O) groups is 1. The van der Waals surface area contributed by atoms with Crippen LogP contribution in [0.15, 0.2) is 17.5 Å². The predicted molar refractivity (Wildman–Crippen MR) is 114 cm³/mol. The zero-order valence-electron chi connectivity index (χ0n) is 15.6. The Hall–Kier alpha value is -2.16. The largest absolute Gasteiger partial charge is 0.335 e. The number of fused-ring (bicyclic) bond motifs is 1. The van der Waals surface area contributed by atoms with Crippen molar-refractivity contribution in [3.63, 3.8) is 0 Å². The second-order valence-corrected chi connectivity index (χ2v) is 8.16. The Bertz CT molecular complexity index is 1010. The second-order valence-electron chi connectivity index (χ2n) is 7.25. The van der Waals surface area contributed by atoms with Crippen molar-refractivity contribution in [1.29, 1.82) is 0 Å². The molecule has 1 aliphatic heterocycles. The first-order chi connectivity index (χ1) is 13.2. The Kier molecular flexibility index (Phi) is 5.27. The standard InChI is InChI=1S/C19H22N6OS.ClH/c1-11-13-4-9-27-17(13)18(21-15-10-14(23-24-15)12-2-3-12)22-16(11)19(26)25-7-5-20-6-8-25;/h4,9-10,12,20H,2-3,5-8H2,1H3,(H2,21,22,23,24);1H. The van der Waals surface area contributed by atoms with Gasteiger partial charge in [-0.05, 0) is 36.8 Å². The Morgan fingerprint density at radius 1 is 1.32 bits per heavy atom. The van der Waals surface area contributed by atoms with E-state index in [1.165, 1.54) is 18.5 Å². The van der Waals surface area contributed by atoms with Gasteiger partial charge in [0.25, 0.3) is 5.91 Å². The molecule has 4 heterocycles. The average molecular weight is 419 g/mol. The van der Waals surface area contributed by atoms with Crippen LogP contribution in [0.25, 0.3) is 10.1 Å². The number of anilines is 2. The molecule has 2 aliphatic rings. The lowest BCUT2D eigenvalue weighted by Gasteiger charge is -2.27. The summed E-state index contributed by atoms with van der Waals surface area (Å²) < 4.78 is 1.06. The van der Waals surface area contributed by atoms with Crippen LogP contribution in [0, 0.1) is 6.92 Å². The van der Waals surface area contributed by atoms with E-state index in [2.05, 4.69) is 33.0 Å². The van der Waals surface area contributed by atoms with Gasteiger partial charge in [0.05, 0.1) is 4.70 Å². The summed E-state index contributed by atoms with van der Waals surface area (Å²) in [7, 11) is 0. The monoisotopic (exact) mass is 418 g/mol. The third kappa shape index (κ3) is 3.47. The van der Waals surface area contributed by atoms with Gasteiger partial charge < -0.3 is 15.5 Å². The fourth-order valence-electron chi connectivity index (χ4n) is 3.60. The maximum atomic E-state index is 13.1. The van der Waals surface area contributed by atoms with Gasteiger partial charge >= 0.3 is 0 Å². The number of rotatable bonds is 4. The number of aromatic nitrogens is 3. The van der Waals surface area contributed by atoms with E-state index in [4.69, 9.17) is 4.98 Å². The molecule has 3 aromatic rings. The van der Waals surface area contributed by atoms with E-state index in [0.717, 1.165) is 34.6 Å². The highest BCUT2D eigenvalue weighted by Crippen LogP contribution is 2.40. The number of aryl methyl sites for hydroxylation is 1. The molecule has 0 radical (unpaired) electrons. The lowest BCUT2D eigenvalue weighted by atomic mass is 10.1. The first kappa shape index (κ1) is 19.2. The van der Waals surface area contributed by atoms with Gasteiger partial charge in [-0.2, -0.15) is 5.10 Å². The number of amides is 1. The molecule has 28 heavy (non-hydrogen) atoms. The number of aromatic amines is 1. The molecule has 7 nitrogen and oxygen atoms in total. The molecule has 0 bridgehead atoms. The van der Waals surface area contributed by atoms with Gasteiger partial charge in [0.15, 0.2) is 11.6 Å². The minimum atomic E-state index is 0. The number of hydrogen-bond acceptors (Lipinski definition) is 6. The van der Waals surface area contributed by atoms with Gasteiger partial charge in [-0.25, -0.2) is 4.98 Å². The van der Waals surface area contributed by atoms with E-state index in [0.29, 0.717) is 30.5 Å². The fraction of sp³-hybridized carbons (Fsp3) is 0.421. The number of thiophene rings is 1. The number of pyridine rings is 1. The molecule has 0 unspecified atom stereocenters. The van der Waals surface area contributed by atoms with Gasteiger partial charge in [-0.1, -0.05) is 0 Å². The summed E-state index contributed by atoms with van der Waals surface area (Å²) in [4.78, 5) is 19.7. The normalized spacial score (nSPS) is 16.8. The lowest BCUT2D eigenvalue weighted by Crippen LogP contribution is -2.46. The molecule has 3 N–H and O–H groups in total. The zero-order valence-corrected chi connectivity index (χ0v) is 17.3. The summed E-state index contributed by atoms with van der Waals surface area (Å²) in [5.74, 6) is 2.08. The lowest BCUT2D eigenvalue weighted by molar-refractivity contribution is 0.0729. The number of halogens is 1. The highest BCUT2D eigenvalue weighted by atomic mass is 35.5. The van der Waals surface area contributed by atoms with Crippen LogP contribution in [0.2, 0.25) is 0 Å². The van der Waals surface area contributed by atoms with Crippen molar-refractivity contribution in [1.82, 2.24) is 25.4 Å². The number of H-pyrrole nitrogens is 1. The summed E-state index contributed by atoms with van der Waals surface area (Å²) in [5, 5.41) is 17.2. The molecule has 5 rings (SSSR count). The smallest absolute Gasteiger partial charge is 0.272 e. The predicted octanol–water partition coefficient (Wildman–Crippen LogP) is 3.42. The number of hydrogen-bond donors (Lipinski definition) is 3. The van der Waals surface area contributed by atoms with Crippen molar-refractivity contribution in [3.8, 4) is 0 Å². The van der Waals surface area contributed by atoms with E-state index in [9.17, 15) is 4.79 Å². The van der Waals surface area contributed by atoms with E-state index in [-0.39, 0.29) is 18.3 Å².